The first kappa shape index (κ1) is 27.5. The van der Waals surface area contributed by atoms with E-state index < -0.39 is 0 Å². The van der Waals surface area contributed by atoms with Crippen LogP contribution in [0.1, 0.15) is 0 Å². The fraction of sp³-hybridized carbons (Fsp3) is 0. The first-order valence-corrected chi connectivity index (χ1v) is 17.6. The van der Waals surface area contributed by atoms with E-state index >= 15 is 0 Å². The number of para-hydroxylation sites is 1. The lowest BCUT2D eigenvalue weighted by Gasteiger charge is -2.15. The van der Waals surface area contributed by atoms with Crippen LogP contribution in [0.3, 0.4) is 0 Å². The average molecular weight is 655 g/mol. The fourth-order valence-corrected chi connectivity index (χ4v) is 9.18. The van der Waals surface area contributed by atoms with Crippen molar-refractivity contribution in [3.05, 3.63) is 158 Å². The summed E-state index contributed by atoms with van der Waals surface area (Å²) in [7, 11) is 0. The first-order valence-electron chi connectivity index (χ1n) is 16.8. The molecule has 0 unspecified atom stereocenters. The van der Waals surface area contributed by atoms with E-state index in [1.807, 2.05) is 47.7 Å². The summed E-state index contributed by atoms with van der Waals surface area (Å²) in [5.41, 5.74) is 4.09. The van der Waals surface area contributed by atoms with E-state index in [-0.39, 0.29) is 0 Å². The van der Waals surface area contributed by atoms with Gasteiger partial charge in [-0.3, -0.25) is 4.57 Å². The number of fused-ring (bicyclic) bond motifs is 15. The van der Waals surface area contributed by atoms with E-state index in [2.05, 4.69) is 126 Å². The topological polar surface area (TPSA) is 43.6 Å². The Hall–Kier alpha value is -6.43. The molecule has 0 atom stereocenters. The molecule has 0 saturated heterocycles. The van der Waals surface area contributed by atoms with Gasteiger partial charge in [0.05, 0.1) is 15.7 Å². The van der Waals surface area contributed by atoms with E-state index in [4.69, 9.17) is 15.0 Å². The second-order valence-corrected chi connectivity index (χ2v) is 13.8. The SMILES string of the molecule is c1ccc(-c2nc(-c3ccccc3)nc(-n3c4ccccc4c4c5c6ccccc6c6ccccc6c5c5c6ccccc6sc5c43)n2)cc1. The molecule has 50 heavy (non-hydrogen) atoms. The van der Waals surface area contributed by atoms with Crippen molar-refractivity contribution in [2.45, 2.75) is 0 Å². The molecule has 5 heteroatoms. The second-order valence-electron chi connectivity index (χ2n) is 12.7. The number of hydrogen-bond acceptors (Lipinski definition) is 4. The van der Waals surface area contributed by atoms with Gasteiger partial charge in [-0.1, -0.05) is 146 Å². The maximum atomic E-state index is 5.27. The van der Waals surface area contributed by atoms with Gasteiger partial charge in [-0.05, 0) is 33.7 Å². The zero-order chi connectivity index (χ0) is 32.8. The van der Waals surface area contributed by atoms with Gasteiger partial charge < -0.3 is 0 Å². The van der Waals surface area contributed by atoms with Gasteiger partial charge in [0, 0.05) is 48.1 Å². The van der Waals surface area contributed by atoms with Gasteiger partial charge in [0.25, 0.3) is 0 Å². The quantitative estimate of drug-likeness (QED) is 0.178. The predicted octanol–water partition coefficient (Wildman–Crippen LogP) is 12.1. The minimum absolute atomic E-state index is 0.604. The minimum atomic E-state index is 0.604. The Morgan fingerprint density at radius 3 is 1.48 bits per heavy atom. The van der Waals surface area contributed by atoms with E-state index in [0.717, 1.165) is 22.2 Å². The molecule has 4 nitrogen and oxygen atoms in total. The zero-order valence-corrected chi connectivity index (χ0v) is 27.5. The Kier molecular flexibility index (Phi) is 5.80. The van der Waals surface area contributed by atoms with Crippen molar-refractivity contribution in [3.8, 4) is 28.7 Å². The summed E-state index contributed by atoms with van der Waals surface area (Å²) in [5.74, 6) is 1.89. The van der Waals surface area contributed by atoms with Crippen molar-refractivity contribution in [1.82, 2.24) is 19.5 Å². The predicted molar refractivity (Wildman–Crippen MR) is 210 cm³/mol. The number of hydrogen-bond donors (Lipinski definition) is 0. The molecule has 0 N–H and O–H groups in total. The van der Waals surface area contributed by atoms with Gasteiger partial charge >= 0.3 is 0 Å². The Labute approximate surface area is 290 Å². The van der Waals surface area contributed by atoms with Crippen LogP contribution in [0.25, 0.3) is 103 Å². The van der Waals surface area contributed by atoms with Crippen molar-refractivity contribution < 1.29 is 0 Å². The Balaban J connectivity index is 1.42. The Bertz CT molecular complexity index is 3080. The van der Waals surface area contributed by atoms with Crippen LogP contribution in [0.2, 0.25) is 0 Å². The molecule has 0 amide bonds. The summed E-state index contributed by atoms with van der Waals surface area (Å²) in [4.78, 5) is 15.6. The molecule has 11 aromatic rings. The van der Waals surface area contributed by atoms with Crippen LogP contribution in [0.15, 0.2) is 158 Å². The molecule has 232 valence electrons. The minimum Gasteiger partial charge on any atom is -0.276 e. The summed E-state index contributed by atoms with van der Waals surface area (Å²) >= 11 is 1.85. The van der Waals surface area contributed by atoms with E-state index in [1.165, 1.54) is 63.3 Å². The van der Waals surface area contributed by atoms with Crippen LogP contribution in [0.5, 0.6) is 0 Å². The maximum Gasteiger partial charge on any atom is 0.238 e. The zero-order valence-electron chi connectivity index (χ0n) is 26.7. The lowest BCUT2D eigenvalue weighted by atomic mass is 9.89. The number of benzene rings is 8. The lowest BCUT2D eigenvalue weighted by Crippen LogP contribution is -2.06. The van der Waals surface area contributed by atoms with Crippen molar-refractivity contribution in [1.29, 1.82) is 0 Å². The van der Waals surface area contributed by atoms with Gasteiger partial charge in [-0.15, -0.1) is 11.3 Å². The largest absolute Gasteiger partial charge is 0.276 e. The van der Waals surface area contributed by atoms with Crippen LogP contribution >= 0.6 is 11.3 Å². The van der Waals surface area contributed by atoms with Gasteiger partial charge in [0.15, 0.2) is 11.6 Å². The van der Waals surface area contributed by atoms with Gasteiger partial charge in [-0.2, -0.15) is 9.97 Å². The average Bonchev–Trinajstić information content (AvgIpc) is 3.75. The Morgan fingerprint density at radius 1 is 0.380 bits per heavy atom. The molecule has 0 aliphatic rings. The normalized spacial score (nSPS) is 12.0. The Morgan fingerprint density at radius 2 is 0.860 bits per heavy atom. The monoisotopic (exact) mass is 654 g/mol. The maximum absolute atomic E-state index is 5.27. The summed E-state index contributed by atoms with van der Waals surface area (Å²) in [6, 6.07) is 55.8. The lowest BCUT2D eigenvalue weighted by molar-refractivity contribution is 0.955. The molecule has 0 saturated carbocycles. The standard InChI is InChI=1S/C45H26N4S/c1-3-15-27(16-4-1)43-46-44(28-17-5-2-6-18-28)48-45(47-43)49-35-25-13-11-23-33(35)39-37-31-21-9-7-19-29(31)30-20-8-10-22-32(30)38(37)40-34-24-12-14-26-36(34)50-42(40)41(39)49/h1-26H. The third kappa shape index (κ3) is 3.84. The molecule has 0 spiro atoms. The highest BCUT2D eigenvalue weighted by atomic mass is 32.1. The van der Waals surface area contributed by atoms with Crippen LogP contribution < -0.4 is 0 Å². The van der Waals surface area contributed by atoms with Gasteiger partial charge in [0.2, 0.25) is 5.95 Å². The summed E-state index contributed by atoms with van der Waals surface area (Å²) < 4.78 is 4.79. The molecular weight excluding hydrogens is 629 g/mol. The van der Waals surface area contributed by atoms with Crippen LogP contribution in [0.4, 0.5) is 0 Å². The molecular formula is C45H26N4S. The molecule has 0 aliphatic carbocycles. The van der Waals surface area contributed by atoms with Crippen molar-refractivity contribution >= 4 is 85.6 Å². The third-order valence-electron chi connectivity index (χ3n) is 10.0. The number of thiophene rings is 1. The van der Waals surface area contributed by atoms with Crippen molar-refractivity contribution in [2.75, 3.05) is 0 Å². The highest BCUT2D eigenvalue weighted by molar-refractivity contribution is 7.27. The molecule has 3 aromatic heterocycles. The van der Waals surface area contributed by atoms with E-state index in [9.17, 15) is 0 Å². The molecule has 0 radical (unpaired) electrons. The van der Waals surface area contributed by atoms with Crippen molar-refractivity contribution in [2.24, 2.45) is 0 Å². The van der Waals surface area contributed by atoms with Crippen LogP contribution in [0, 0.1) is 0 Å². The second kappa shape index (κ2) is 10.5. The third-order valence-corrected chi connectivity index (χ3v) is 11.2. The fourth-order valence-electron chi connectivity index (χ4n) is 7.93. The number of nitrogens with zero attached hydrogens (tertiary/aromatic N) is 4. The molecule has 11 rings (SSSR count). The molecule has 3 heterocycles. The van der Waals surface area contributed by atoms with Crippen LogP contribution in [-0.2, 0) is 0 Å². The summed E-state index contributed by atoms with van der Waals surface area (Å²) in [6.07, 6.45) is 0. The molecule has 0 bridgehead atoms. The molecule has 0 aliphatic heterocycles. The molecule has 8 aromatic carbocycles. The summed E-state index contributed by atoms with van der Waals surface area (Å²) in [6.45, 7) is 0. The molecule has 0 fully saturated rings. The van der Waals surface area contributed by atoms with Gasteiger partial charge in [0.1, 0.15) is 0 Å². The highest BCUT2D eigenvalue weighted by Crippen LogP contribution is 2.51. The number of aromatic nitrogens is 4. The van der Waals surface area contributed by atoms with Gasteiger partial charge in [-0.25, -0.2) is 4.98 Å². The smallest absolute Gasteiger partial charge is 0.238 e. The number of rotatable bonds is 3. The van der Waals surface area contributed by atoms with E-state index in [0.29, 0.717) is 17.6 Å². The van der Waals surface area contributed by atoms with E-state index in [1.54, 1.807) is 0 Å². The first-order chi connectivity index (χ1) is 24.8. The van der Waals surface area contributed by atoms with Crippen LogP contribution in [-0.4, -0.2) is 19.5 Å². The highest BCUT2D eigenvalue weighted by Gasteiger charge is 2.26. The van der Waals surface area contributed by atoms with Crippen molar-refractivity contribution in [3.63, 3.8) is 0 Å². The summed E-state index contributed by atoms with van der Waals surface area (Å²) in [5, 5.41) is 12.5.